The molecule has 2 spiro atoms. The van der Waals surface area contributed by atoms with Gasteiger partial charge in [-0.15, -0.1) is 6.58 Å². The van der Waals surface area contributed by atoms with Crippen molar-refractivity contribution in [1.82, 2.24) is 9.80 Å². The monoisotopic (exact) mass is 479 g/mol. The Morgan fingerprint density at radius 1 is 1.18 bits per heavy atom. The van der Waals surface area contributed by atoms with Crippen LogP contribution in [0.5, 0.6) is 5.75 Å². The van der Waals surface area contributed by atoms with E-state index in [9.17, 15) is 9.59 Å². The molecule has 2 saturated heterocycles. The number of benzene rings is 2. The standard InChI is InChI=1S/C25H25N3O3S2/c1-5-13-28-22(30)25(33-23(28)32)19(16-9-7-6-8-10-16)15-26(2)24(25)18-14-17(31-4)11-12-20(18)27(3)21(24)29/h5-12,14,19H,1,13,15H2,2-4H3/t19-,24+,25-/m0/s1. The number of hydrogen-bond donors (Lipinski definition) is 0. The van der Waals surface area contributed by atoms with Crippen molar-refractivity contribution in [2.45, 2.75) is 16.2 Å². The van der Waals surface area contributed by atoms with Crippen LogP contribution in [-0.2, 0) is 15.1 Å². The van der Waals surface area contributed by atoms with Gasteiger partial charge >= 0.3 is 0 Å². The molecule has 170 valence electrons. The van der Waals surface area contributed by atoms with Crippen molar-refractivity contribution in [3.63, 3.8) is 0 Å². The van der Waals surface area contributed by atoms with Crippen molar-refractivity contribution in [3.8, 4) is 5.75 Å². The lowest BCUT2D eigenvalue weighted by Gasteiger charge is -2.42. The minimum Gasteiger partial charge on any atom is -0.497 e. The second-order valence-corrected chi connectivity index (χ2v) is 10.5. The number of nitrogens with zero attached hydrogens (tertiary/aromatic N) is 3. The first-order valence-corrected chi connectivity index (χ1v) is 12.0. The third kappa shape index (κ3) is 2.62. The Morgan fingerprint density at radius 3 is 2.58 bits per heavy atom. The maximum atomic E-state index is 14.4. The summed E-state index contributed by atoms with van der Waals surface area (Å²) in [5, 5.41) is 0. The zero-order chi connectivity index (χ0) is 23.5. The molecule has 3 heterocycles. The largest absolute Gasteiger partial charge is 0.497 e. The number of thiocarbonyl (C=S) groups is 1. The normalized spacial score (nSPS) is 28.9. The first-order valence-electron chi connectivity index (χ1n) is 10.7. The fourth-order valence-corrected chi connectivity index (χ4v) is 7.92. The van der Waals surface area contributed by atoms with E-state index in [0.29, 0.717) is 23.2 Å². The smallest absolute Gasteiger partial charge is 0.254 e. The van der Waals surface area contributed by atoms with Crippen LogP contribution in [0.2, 0.25) is 0 Å². The SMILES string of the molecule is C=CCN1C(=O)[C@@]2(SC1=S)[C@H](c1ccccc1)CN(C)[C@]21C(=O)N(C)c2ccc(OC)cc21. The highest BCUT2D eigenvalue weighted by Crippen LogP contribution is 2.66. The molecule has 2 aromatic carbocycles. The van der Waals surface area contributed by atoms with Crippen molar-refractivity contribution in [2.75, 3.05) is 39.2 Å². The maximum Gasteiger partial charge on any atom is 0.254 e. The van der Waals surface area contributed by atoms with Crippen molar-refractivity contribution < 1.29 is 14.3 Å². The first kappa shape index (κ1) is 22.1. The van der Waals surface area contributed by atoms with Crippen LogP contribution < -0.4 is 9.64 Å². The third-order valence-electron chi connectivity index (χ3n) is 7.17. The molecule has 3 atom stereocenters. The van der Waals surface area contributed by atoms with Gasteiger partial charge in [-0.3, -0.25) is 19.4 Å². The number of ether oxygens (including phenoxy) is 1. The van der Waals surface area contributed by atoms with Crippen LogP contribution in [0.4, 0.5) is 5.69 Å². The number of likely N-dealkylation sites (tertiary alicyclic amines) is 1. The molecule has 8 heteroatoms. The van der Waals surface area contributed by atoms with Gasteiger partial charge in [0.15, 0.2) is 5.54 Å². The Kier molecular flexibility index (Phi) is 5.15. The van der Waals surface area contributed by atoms with Crippen LogP contribution in [0.25, 0.3) is 0 Å². The second-order valence-electron chi connectivity index (χ2n) is 8.61. The summed E-state index contributed by atoms with van der Waals surface area (Å²) in [6, 6.07) is 15.6. The second kappa shape index (κ2) is 7.68. The molecule has 0 aromatic heterocycles. The van der Waals surface area contributed by atoms with Gasteiger partial charge in [0.05, 0.1) is 7.11 Å². The molecule has 2 amide bonds. The number of fused-ring (bicyclic) bond motifs is 3. The number of thioether (sulfide) groups is 1. The lowest BCUT2D eigenvalue weighted by atomic mass is 9.72. The molecule has 0 radical (unpaired) electrons. The average molecular weight is 480 g/mol. The number of methoxy groups -OCH3 is 1. The molecule has 0 unspecified atom stereocenters. The van der Waals surface area contributed by atoms with Crippen molar-refractivity contribution in [1.29, 1.82) is 0 Å². The lowest BCUT2D eigenvalue weighted by molar-refractivity contribution is -0.138. The molecular weight excluding hydrogens is 454 g/mol. The van der Waals surface area contributed by atoms with E-state index in [0.717, 1.165) is 16.8 Å². The van der Waals surface area contributed by atoms with Gasteiger partial charge in [0.2, 0.25) is 5.91 Å². The number of carbonyl (C=O) groups is 2. The maximum absolute atomic E-state index is 14.4. The Labute approximate surface area is 203 Å². The molecule has 0 saturated carbocycles. The summed E-state index contributed by atoms with van der Waals surface area (Å²) in [7, 11) is 5.30. The summed E-state index contributed by atoms with van der Waals surface area (Å²) in [5.74, 6) is 0.121. The molecule has 0 aliphatic carbocycles. The molecule has 3 aliphatic rings. The molecule has 3 aliphatic heterocycles. The summed E-state index contributed by atoms with van der Waals surface area (Å²) < 4.78 is 4.84. The highest BCUT2D eigenvalue weighted by Gasteiger charge is 2.78. The molecule has 33 heavy (non-hydrogen) atoms. The molecular formula is C25H25N3O3S2. The predicted molar refractivity (Wildman–Crippen MR) is 135 cm³/mol. The lowest BCUT2D eigenvalue weighted by Crippen LogP contribution is -2.62. The van der Waals surface area contributed by atoms with E-state index in [1.54, 1.807) is 30.0 Å². The zero-order valence-corrected chi connectivity index (χ0v) is 20.4. The van der Waals surface area contributed by atoms with Gasteiger partial charge in [-0.2, -0.15) is 0 Å². The van der Waals surface area contributed by atoms with E-state index in [1.807, 2.05) is 60.5 Å². The van der Waals surface area contributed by atoms with Gasteiger partial charge in [0.25, 0.3) is 5.91 Å². The fraction of sp³-hybridized carbons (Fsp3) is 0.320. The van der Waals surface area contributed by atoms with E-state index in [-0.39, 0.29) is 17.7 Å². The van der Waals surface area contributed by atoms with Crippen LogP contribution in [-0.4, -0.2) is 65.0 Å². The number of hydrogen-bond acceptors (Lipinski definition) is 6. The van der Waals surface area contributed by atoms with Gasteiger partial charge in [0, 0.05) is 37.3 Å². The van der Waals surface area contributed by atoms with Crippen molar-refractivity contribution in [3.05, 3.63) is 72.3 Å². The molecule has 2 fully saturated rings. The highest BCUT2D eigenvalue weighted by atomic mass is 32.2. The van der Waals surface area contributed by atoms with Crippen LogP contribution >= 0.6 is 24.0 Å². The quantitative estimate of drug-likeness (QED) is 0.495. The fourth-order valence-electron chi connectivity index (χ4n) is 5.78. The number of anilines is 1. The molecule has 2 aromatic rings. The zero-order valence-electron chi connectivity index (χ0n) is 18.8. The average Bonchev–Trinajstić information content (AvgIpc) is 3.33. The van der Waals surface area contributed by atoms with Gasteiger partial charge in [0.1, 0.15) is 14.8 Å². The van der Waals surface area contributed by atoms with E-state index in [2.05, 4.69) is 6.58 Å². The highest BCUT2D eigenvalue weighted by molar-refractivity contribution is 8.25. The molecule has 0 N–H and O–H groups in total. The van der Waals surface area contributed by atoms with Gasteiger partial charge < -0.3 is 9.64 Å². The number of carbonyl (C=O) groups excluding carboxylic acids is 2. The van der Waals surface area contributed by atoms with Crippen LogP contribution in [0, 0.1) is 0 Å². The Morgan fingerprint density at radius 2 is 1.91 bits per heavy atom. The van der Waals surface area contributed by atoms with Crippen LogP contribution in [0.1, 0.15) is 17.0 Å². The van der Waals surface area contributed by atoms with Crippen molar-refractivity contribution in [2.24, 2.45) is 0 Å². The van der Waals surface area contributed by atoms with E-state index in [1.165, 1.54) is 11.8 Å². The van der Waals surface area contributed by atoms with Crippen molar-refractivity contribution >= 4 is 45.8 Å². The summed E-state index contributed by atoms with van der Waals surface area (Å²) >= 11 is 7.07. The van der Waals surface area contributed by atoms with E-state index >= 15 is 0 Å². The number of likely N-dealkylation sites (N-methyl/N-ethyl adjacent to an activating group) is 2. The molecule has 0 bridgehead atoms. The van der Waals surface area contributed by atoms with E-state index in [4.69, 9.17) is 17.0 Å². The predicted octanol–water partition coefficient (Wildman–Crippen LogP) is 3.38. The van der Waals surface area contributed by atoms with Gasteiger partial charge in [-0.25, -0.2) is 0 Å². The minimum atomic E-state index is -1.23. The topological polar surface area (TPSA) is 53.1 Å². The summed E-state index contributed by atoms with van der Waals surface area (Å²) in [5.41, 5.74) is 1.34. The van der Waals surface area contributed by atoms with Gasteiger partial charge in [-0.1, -0.05) is 60.4 Å². The minimum absolute atomic E-state index is 0.129. The number of rotatable bonds is 4. The molecule has 6 nitrogen and oxygen atoms in total. The summed E-state index contributed by atoms with van der Waals surface area (Å²) in [6.07, 6.45) is 1.67. The summed E-state index contributed by atoms with van der Waals surface area (Å²) in [6.45, 7) is 4.65. The summed E-state index contributed by atoms with van der Waals surface area (Å²) in [4.78, 5) is 33.9. The molecule has 5 rings (SSSR count). The third-order valence-corrected chi connectivity index (χ3v) is 9.11. The Balaban J connectivity index is 1.84. The Hall–Kier alpha value is -2.68. The Bertz CT molecular complexity index is 1190. The van der Waals surface area contributed by atoms with Crippen LogP contribution in [0.3, 0.4) is 0 Å². The van der Waals surface area contributed by atoms with E-state index < -0.39 is 10.3 Å². The van der Waals surface area contributed by atoms with Crippen LogP contribution in [0.15, 0.2) is 61.2 Å². The van der Waals surface area contributed by atoms with Gasteiger partial charge in [-0.05, 0) is 30.8 Å². The first-order chi connectivity index (χ1) is 15.8. The number of amides is 2.